The number of aliphatic hydroxyl groups is 1. The second kappa shape index (κ2) is 8.59. The standard InChI is InChI=1S/C18H29N3O5/c1-17(2,3)21(25)13(11-12-9-7-6-8-10-12)14(22)15(23)20-26-18(4,5)16(19)24/h6-10,13-14,22,25H,11H2,1-5H3,(H2,19,24)(H,20,23)/t13-,14+/m0/s1. The molecule has 0 aliphatic rings. The molecule has 5 N–H and O–H groups in total. The predicted molar refractivity (Wildman–Crippen MR) is 95.8 cm³/mol. The van der Waals surface area contributed by atoms with Gasteiger partial charge in [-0.1, -0.05) is 30.3 Å². The normalized spacial score (nSPS) is 14.8. The average Bonchev–Trinajstić information content (AvgIpc) is 2.56. The summed E-state index contributed by atoms with van der Waals surface area (Å²) in [6, 6.07) is 8.24. The average molecular weight is 367 g/mol. The number of benzene rings is 1. The van der Waals surface area contributed by atoms with Gasteiger partial charge in [0.15, 0.2) is 11.7 Å². The Labute approximate surface area is 153 Å². The summed E-state index contributed by atoms with van der Waals surface area (Å²) < 4.78 is 0. The third-order valence-electron chi connectivity index (χ3n) is 3.92. The number of aliphatic hydroxyl groups excluding tert-OH is 1. The van der Waals surface area contributed by atoms with E-state index in [9.17, 15) is 19.9 Å². The van der Waals surface area contributed by atoms with Crippen LogP contribution in [0.4, 0.5) is 0 Å². The molecule has 146 valence electrons. The van der Waals surface area contributed by atoms with Crippen LogP contribution in [0.5, 0.6) is 0 Å². The fraction of sp³-hybridized carbons (Fsp3) is 0.556. The Morgan fingerprint density at radius 2 is 1.73 bits per heavy atom. The summed E-state index contributed by atoms with van der Waals surface area (Å²) in [6.45, 7) is 8.03. The summed E-state index contributed by atoms with van der Waals surface area (Å²) in [7, 11) is 0. The summed E-state index contributed by atoms with van der Waals surface area (Å²) in [5, 5.41) is 22.0. The molecule has 8 nitrogen and oxygen atoms in total. The molecule has 0 aliphatic heterocycles. The third kappa shape index (κ3) is 6.06. The van der Waals surface area contributed by atoms with Crippen LogP contribution in [-0.2, 0) is 20.8 Å². The van der Waals surface area contributed by atoms with E-state index in [1.54, 1.807) is 20.8 Å². The fourth-order valence-corrected chi connectivity index (χ4v) is 2.15. The zero-order valence-electron chi connectivity index (χ0n) is 15.9. The van der Waals surface area contributed by atoms with Crippen molar-refractivity contribution in [2.45, 2.75) is 64.3 Å². The number of nitrogens with zero attached hydrogens (tertiary/aromatic N) is 1. The van der Waals surface area contributed by atoms with Crippen LogP contribution in [0.3, 0.4) is 0 Å². The quantitative estimate of drug-likeness (QED) is 0.503. The van der Waals surface area contributed by atoms with Crippen molar-refractivity contribution in [3.05, 3.63) is 35.9 Å². The van der Waals surface area contributed by atoms with Gasteiger partial charge in [0.2, 0.25) is 0 Å². The van der Waals surface area contributed by atoms with Crippen LogP contribution in [0.15, 0.2) is 30.3 Å². The first-order chi connectivity index (χ1) is 11.9. The van der Waals surface area contributed by atoms with E-state index in [-0.39, 0.29) is 6.42 Å². The lowest BCUT2D eigenvalue weighted by atomic mass is 9.96. The van der Waals surface area contributed by atoms with E-state index in [0.29, 0.717) is 0 Å². The summed E-state index contributed by atoms with van der Waals surface area (Å²) in [5.74, 6) is -1.66. The number of nitrogens with two attached hydrogens (primary N) is 1. The number of carbonyl (C=O) groups excluding carboxylic acids is 2. The van der Waals surface area contributed by atoms with Gasteiger partial charge >= 0.3 is 0 Å². The number of hydrogen-bond donors (Lipinski definition) is 4. The summed E-state index contributed by atoms with van der Waals surface area (Å²) in [6.07, 6.45) is -1.38. The Balaban J connectivity index is 2.94. The highest BCUT2D eigenvalue weighted by Crippen LogP contribution is 2.20. The van der Waals surface area contributed by atoms with Gasteiger partial charge in [0, 0.05) is 5.54 Å². The number of amides is 2. The van der Waals surface area contributed by atoms with Crippen molar-refractivity contribution >= 4 is 11.8 Å². The minimum Gasteiger partial charge on any atom is -0.381 e. The fourth-order valence-electron chi connectivity index (χ4n) is 2.15. The molecular weight excluding hydrogens is 338 g/mol. The largest absolute Gasteiger partial charge is 0.381 e. The van der Waals surface area contributed by atoms with Crippen molar-refractivity contribution in [2.75, 3.05) is 0 Å². The highest BCUT2D eigenvalue weighted by atomic mass is 16.7. The first-order valence-corrected chi connectivity index (χ1v) is 8.34. The summed E-state index contributed by atoms with van der Waals surface area (Å²) >= 11 is 0. The zero-order valence-corrected chi connectivity index (χ0v) is 15.9. The number of hydrogen-bond acceptors (Lipinski definition) is 6. The molecule has 0 spiro atoms. The first kappa shape index (κ1) is 22.0. The molecule has 0 saturated heterocycles. The van der Waals surface area contributed by atoms with Crippen molar-refractivity contribution in [3.63, 3.8) is 0 Å². The molecule has 0 unspecified atom stereocenters. The second-order valence-electron chi connectivity index (χ2n) is 7.66. The monoisotopic (exact) mass is 367 g/mol. The molecule has 0 heterocycles. The Hall–Kier alpha value is -2.00. The maximum atomic E-state index is 12.3. The molecule has 0 bridgehead atoms. The zero-order chi connectivity index (χ0) is 20.1. The lowest BCUT2D eigenvalue weighted by Gasteiger charge is -2.38. The number of nitrogens with one attached hydrogen (secondary N) is 1. The van der Waals surface area contributed by atoms with Crippen LogP contribution in [0.25, 0.3) is 0 Å². The molecule has 1 aromatic rings. The van der Waals surface area contributed by atoms with Gasteiger partial charge in [-0.15, -0.1) is 0 Å². The van der Waals surface area contributed by atoms with Gasteiger partial charge in [-0.05, 0) is 46.6 Å². The molecular formula is C18H29N3O5. The second-order valence-corrected chi connectivity index (χ2v) is 7.66. The number of primary amides is 1. The Morgan fingerprint density at radius 3 is 2.19 bits per heavy atom. The van der Waals surface area contributed by atoms with E-state index in [0.717, 1.165) is 10.6 Å². The predicted octanol–water partition coefficient (Wildman–Crippen LogP) is 0.760. The molecule has 1 rings (SSSR count). The van der Waals surface area contributed by atoms with Crippen molar-refractivity contribution in [3.8, 4) is 0 Å². The molecule has 2 amide bonds. The van der Waals surface area contributed by atoms with Gasteiger partial charge in [0.05, 0.1) is 6.04 Å². The Morgan fingerprint density at radius 1 is 1.19 bits per heavy atom. The van der Waals surface area contributed by atoms with Crippen molar-refractivity contribution in [1.29, 1.82) is 0 Å². The maximum Gasteiger partial charge on any atom is 0.274 e. The third-order valence-corrected chi connectivity index (χ3v) is 3.92. The molecule has 0 aromatic heterocycles. The lowest BCUT2D eigenvalue weighted by Crippen LogP contribution is -2.57. The summed E-state index contributed by atoms with van der Waals surface area (Å²) in [5.41, 5.74) is 5.91. The maximum absolute atomic E-state index is 12.3. The molecule has 0 saturated carbocycles. The van der Waals surface area contributed by atoms with Gasteiger partial charge in [0.25, 0.3) is 11.8 Å². The minimum atomic E-state index is -1.61. The van der Waals surface area contributed by atoms with Crippen molar-refractivity contribution < 1.29 is 24.7 Å². The highest BCUT2D eigenvalue weighted by molar-refractivity contribution is 5.83. The number of carbonyl (C=O) groups is 2. The van der Waals surface area contributed by atoms with Crippen LogP contribution >= 0.6 is 0 Å². The molecule has 0 aliphatic carbocycles. The van der Waals surface area contributed by atoms with E-state index in [1.165, 1.54) is 13.8 Å². The smallest absolute Gasteiger partial charge is 0.274 e. The SMILES string of the molecule is CC(C)(ONC(=O)[C@H](O)[C@H](Cc1ccccc1)N(O)C(C)(C)C)C(N)=O. The highest BCUT2D eigenvalue weighted by Gasteiger charge is 2.37. The van der Waals surface area contributed by atoms with E-state index in [1.807, 2.05) is 35.8 Å². The molecule has 26 heavy (non-hydrogen) atoms. The minimum absolute atomic E-state index is 0.225. The van der Waals surface area contributed by atoms with Gasteiger partial charge < -0.3 is 16.0 Å². The first-order valence-electron chi connectivity index (χ1n) is 8.34. The van der Waals surface area contributed by atoms with Gasteiger partial charge in [-0.2, -0.15) is 5.06 Å². The van der Waals surface area contributed by atoms with E-state index < -0.39 is 35.1 Å². The van der Waals surface area contributed by atoms with Crippen LogP contribution in [-0.4, -0.2) is 50.5 Å². The Kier molecular flexibility index (Phi) is 7.28. The van der Waals surface area contributed by atoms with Crippen LogP contribution in [0.2, 0.25) is 0 Å². The van der Waals surface area contributed by atoms with Crippen LogP contribution in [0.1, 0.15) is 40.2 Å². The van der Waals surface area contributed by atoms with Crippen molar-refractivity contribution in [2.24, 2.45) is 5.73 Å². The van der Waals surface area contributed by atoms with E-state index >= 15 is 0 Å². The summed E-state index contributed by atoms with van der Waals surface area (Å²) in [4.78, 5) is 28.6. The molecule has 8 heteroatoms. The lowest BCUT2D eigenvalue weighted by molar-refractivity contribution is -0.212. The van der Waals surface area contributed by atoms with Gasteiger partial charge in [-0.25, -0.2) is 5.48 Å². The van der Waals surface area contributed by atoms with Crippen molar-refractivity contribution in [1.82, 2.24) is 10.5 Å². The number of hydroxylamine groups is 3. The molecule has 0 radical (unpaired) electrons. The number of rotatable bonds is 8. The van der Waals surface area contributed by atoms with E-state index in [4.69, 9.17) is 10.6 Å². The van der Waals surface area contributed by atoms with E-state index in [2.05, 4.69) is 0 Å². The molecule has 2 atom stereocenters. The van der Waals surface area contributed by atoms with Gasteiger partial charge in [0.1, 0.15) is 0 Å². The molecule has 1 aromatic carbocycles. The van der Waals surface area contributed by atoms with Crippen LogP contribution < -0.4 is 11.2 Å². The Bertz CT molecular complexity index is 613. The van der Waals surface area contributed by atoms with Gasteiger partial charge in [-0.3, -0.25) is 14.4 Å². The molecule has 0 fully saturated rings. The topological polar surface area (TPSA) is 125 Å². The van der Waals surface area contributed by atoms with Crippen LogP contribution in [0, 0.1) is 0 Å².